The van der Waals surface area contributed by atoms with Gasteiger partial charge < -0.3 is 10.1 Å². The van der Waals surface area contributed by atoms with E-state index in [4.69, 9.17) is 0 Å². The minimum Gasteiger partial charge on any atom is -0.319 e. The van der Waals surface area contributed by atoms with Gasteiger partial charge in [0.05, 0.1) is 0 Å². The van der Waals surface area contributed by atoms with Gasteiger partial charge in [-0.25, -0.2) is 0 Å². The van der Waals surface area contributed by atoms with Crippen LogP contribution < -0.4 is 5.32 Å². The highest BCUT2D eigenvalue weighted by molar-refractivity contribution is 5.49. The quantitative estimate of drug-likeness (QED) is 0.662. The maximum absolute atomic E-state index is 10.5. The van der Waals surface area contributed by atoms with E-state index in [9.17, 15) is 4.79 Å². The lowest BCUT2D eigenvalue weighted by Crippen LogP contribution is -2.22. The zero-order valence-electron chi connectivity index (χ0n) is 9.30. The van der Waals surface area contributed by atoms with Crippen molar-refractivity contribution in [3.8, 4) is 0 Å². The van der Waals surface area contributed by atoms with Crippen molar-refractivity contribution in [2.24, 2.45) is 11.8 Å². The standard InChI is InChI=1S/C12H23NO/c1-13-10-12(7-8-14)9-11-5-3-2-4-6-11/h8,11-13H,2-7,9-10H2,1H3. The molecule has 0 heterocycles. The van der Waals surface area contributed by atoms with E-state index < -0.39 is 0 Å². The van der Waals surface area contributed by atoms with Crippen molar-refractivity contribution in [3.05, 3.63) is 0 Å². The summed E-state index contributed by atoms with van der Waals surface area (Å²) in [6, 6.07) is 0. The van der Waals surface area contributed by atoms with Crippen LogP contribution in [0.15, 0.2) is 0 Å². The van der Waals surface area contributed by atoms with E-state index >= 15 is 0 Å². The fourth-order valence-electron chi connectivity index (χ4n) is 2.58. The lowest BCUT2D eigenvalue weighted by molar-refractivity contribution is -0.108. The van der Waals surface area contributed by atoms with Crippen LogP contribution >= 0.6 is 0 Å². The largest absolute Gasteiger partial charge is 0.319 e. The molecule has 1 saturated carbocycles. The van der Waals surface area contributed by atoms with Gasteiger partial charge in [-0.05, 0) is 31.8 Å². The molecule has 1 fully saturated rings. The summed E-state index contributed by atoms with van der Waals surface area (Å²) in [5, 5.41) is 3.18. The van der Waals surface area contributed by atoms with E-state index in [2.05, 4.69) is 5.32 Å². The number of carbonyl (C=O) groups is 1. The summed E-state index contributed by atoms with van der Waals surface area (Å²) in [6.07, 6.45) is 10.1. The van der Waals surface area contributed by atoms with Crippen molar-refractivity contribution in [1.29, 1.82) is 0 Å². The summed E-state index contributed by atoms with van der Waals surface area (Å²) in [4.78, 5) is 10.5. The van der Waals surface area contributed by atoms with Gasteiger partial charge in [-0.3, -0.25) is 0 Å². The summed E-state index contributed by atoms with van der Waals surface area (Å²) in [6.45, 7) is 0.995. The molecule has 1 atom stereocenters. The molecule has 0 aromatic carbocycles. The lowest BCUT2D eigenvalue weighted by atomic mass is 9.82. The first-order valence-corrected chi connectivity index (χ1v) is 5.95. The average Bonchev–Trinajstić information content (AvgIpc) is 2.20. The first-order chi connectivity index (χ1) is 6.86. The Morgan fingerprint density at radius 2 is 2.07 bits per heavy atom. The zero-order valence-corrected chi connectivity index (χ0v) is 9.30. The summed E-state index contributed by atoms with van der Waals surface area (Å²) in [5.41, 5.74) is 0. The van der Waals surface area contributed by atoms with Gasteiger partial charge in [0, 0.05) is 6.42 Å². The van der Waals surface area contributed by atoms with E-state index in [1.807, 2.05) is 7.05 Å². The Bertz CT molecular complexity index is 152. The van der Waals surface area contributed by atoms with E-state index in [0.29, 0.717) is 5.92 Å². The molecule has 0 aromatic rings. The molecule has 0 aromatic heterocycles. The topological polar surface area (TPSA) is 29.1 Å². The Labute approximate surface area is 87.5 Å². The average molecular weight is 197 g/mol. The van der Waals surface area contributed by atoms with Crippen molar-refractivity contribution in [3.63, 3.8) is 0 Å². The van der Waals surface area contributed by atoms with Gasteiger partial charge in [-0.2, -0.15) is 0 Å². The van der Waals surface area contributed by atoms with E-state index in [0.717, 1.165) is 25.2 Å². The Morgan fingerprint density at radius 1 is 1.36 bits per heavy atom. The molecule has 0 aliphatic heterocycles. The fourth-order valence-corrected chi connectivity index (χ4v) is 2.58. The van der Waals surface area contributed by atoms with Crippen LogP contribution in [0.5, 0.6) is 0 Å². The molecule has 1 aliphatic rings. The highest BCUT2D eigenvalue weighted by Gasteiger charge is 2.18. The van der Waals surface area contributed by atoms with Crippen molar-refractivity contribution in [1.82, 2.24) is 5.32 Å². The van der Waals surface area contributed by atoms with Crippen LogP contribution in [0.2, 0.25) is 0 Å². The third kappa shape index (κ3) is 4.23. The number of carbonyl (C=O) groups excluding carboxylic acids is 1. The second kappa shape index (κ2) is 6.99. The molecule has 1 rings (SSSR count). The van der Waals surface area contributed by atoms with Crippen molar-refractivity contribution < 1.29 is 4.79 Å². The number of aldehydes is 1. The molecule has 1 aliphatic carbocycles. The Kier molecular flexibility index (Phi) is 5.85. The number of rotatable bonds is 6. The Morgan fingerprint density at radius 3 is 2.64 bits per heavy atom. The Hall–Kier alpha value is -0.370. The minimum absolute atomic E-state index is 0.570. The van der Waals surface area contributed by atoms with Gasteiger partial charge in [-0.15, -0.1) is 0 Å². The van der Waals surface area contributed by atoms with Gasteiger partial charge in [-0.1, -0.05) is 32.1 Å². The van der Waals surface area contributed by atoms with Gasteiger partial charge in [0.1, 0.15) is 6.29 Å². The van der Waals surface area contributed by atoms with Crippen LogP contribution in [-0.4, -0.2) is 19.9 Å². The predicted molar refractivity (Wildman–Crippen MR) is 59.3 cm³/mol. The first kappa shape index (κ1) is 11.7. The first-order valence-electron chi connectivity index (χ1n) is 5.95. The maximum Gasteiger partial charge on any atom is 0.120 e. The lowest BCUT2D eigenvalue weighted by Gasteiger charge is -2.25. The van der Waals surface area contributed by atoms with E-state index in [1.54, 1.807) is 0 Å². The van der Waals surface area contributed by atoms with Gasteiger partial charge >= 0.3 is 0 Å². The highest BCUT2D eigenvalue weighted by Crippen LogP contribution is 2.29. The molecule has 0 amide bonds. The van der Waals surface area contributed by atoms with Crippen molar-refractivity contribution >= 4 is 6.29 Å². The van der Waals surface area contributed by atoms with Crippen LogP contribution in [0.1, 0.15) is 44.9 Å². The number of hydrogen-bond acceptors (Lipinski definition) is 2. The summed E-state index contributed by atoms with van der Waals surface area (Å²) in [5.74, 6) is 1.46. The van der Waals surface area contributed by atoms with Crippen LogP contribution in [-0.2, 0) is 4.79 Å². The van der Waals surface area contributed by atoms with Crippen LogP contribution in [0.4, 0.5) is 0 Å². The molecule has 2 heteroatoms. The van der Waals surface area contributed by atoms with Gasteiger partial charge in [0.25, 0.3) is 0 Å². The van der Waals surface area contributed by atoms with Crippen molar-refractivity contribution in [2.45, 2.75) is 44.9 Å². The summed E-state index contributed by atoms with van der Waals surface area (Å²) < 4.78 is 0. The smallest absolute Gasteiger partial charge is 0.120 e. The van der Waals surface area contributed by atoms with Crippen LogP contribution in [0, 0.1) is 11.8 Å². The molecule has 1 unspecified atom stereocenters. The van der Waals surface area contributed by atoms with E-state index in [-0.39, 0.29) is 0 Å². The van der Waals surface area contributed by atoms with Gasteiger partial charge in [0.15, 0.2) is 0 Å². The second-order valence-corrected chi connectivity index (χ2v) is 4.57. The third-order valence-electron chi connectivity index (χ3n) is 3.31. The molecule has 0 bridgehead atoms. The molecule has 2 nitrogen and oxygen atoms in total. The number of hydrogen-bond donors (Lipinski definition) is 1. The number of nitrogens with one attached hydrogen (secondary N) is 1. The third-order valence-corrected chi connectivity index (χ3v) is 3.31. The van der Waals surface area contributed by atoms with Gasteiger partial charge in [0.2, 0.25) is 0 Å². The fraction of sp³-hybridized carbons (Fsp3) is 0.917. The minimum atomic E-state index is 0.570. The summed E-state index contributed by atoms with van der Waals surface area (Å²) in [7, 11) is 1.97. The van der Waals surface area contributed by atoms with E-state index in [1.165, 1.54) is 38.5 Å². The second-order valence-electron chi connectivity index (χ2n) is 4.57. The molecule has 0 saturated heterocycles. The predicted octanol–water partition coefficient (Wildman–Crippen LogP) is 2.38. The molecular formula is C12H23NO. The molecule has 1 N–H and O–H groups in total. The summed E-state index contributed by atoms with van der Waals surface area (Å²) >= 11 is 0. The molecule has 0 radical (unpaired) electrons. The molecule has 14 heavy (non-hydrogen) atoms. The monoisotopic (exact) mass is 197 g/mol. The van der Waals surface area contributed by atoms with Crippen LogP contribution in [0.3, 0.4) is 0 Å². The highest BCUT2D eigenvalue weighted by atomic mass is 16.1. The zero-order chi connectivity index (χ0) is 10.2. The normalized spacial score (nSPS) is 20.6. The van der Waals surface area contributed by atoms with Crippen LogP contribution in [0.25, 0.3) is 0 Å². The molecule has 0 spiro atoms. The molecular weight excluding hydrogens is 174 g/mol. The molecule has 82 valence electrons. The van der Waals surface area contributed by atoms with Crippen molar-refractivity contribution in [2.75, 3.05) is 13.6 Å². The maximum atomic E-state index is 10.5. The SMILES string of the molecule is CNCC(CC=O)CC1CCCCC1. The Balaban J connectivity index is 2.25.